The van der Waals surface area contributed by atoms with E-state index in [0.717, 1.165) is 25.1 Å². The lowest BCUT2D eigenvalue weighted by Gasteiger charge is -2.08. The van der Waals surface area contributed by atoms with Gasteiger partial charge < -0.3 is 10.5 Å². The maximum Gasteiger partial charge on any atom is 0.0703 e. The summed E-state index contributed by atoms with van der Waals surface area (Å²) in [7, 11) is 0. The van der Waals surface area contributed by atoms with Gasteiger partial charge in [0.25, 0.3) is 0 Å². The second-order valence-corrected chi connectivity index (χ2v) is 1.99. The first kappa shape index (κ1) is 6.29. The quantitative estimate of drug-likeness (QED) is 0.303. The number of rotatable bonds is 1. The Balaban J connectivity index is 2.46. The van der Waals surface area contributed by atoms with E-state index in [4.69, 9.17) is 5.21 Å². The van der Waals surface area contributed by atoms with Crippen LogP contribution in [-0.4, -0.2) is 24.5 Å². The van der Waals surface area contributed by atoms with Crippen molar-refractivity contribution in [3.05, 3.63) is 11.6 Å². The van der Waals surface area contributed by atoms with Gasteiger partial charge in [-0.2, -0.15) is 0 Å². The Morgan fingerprint density at radius 1 is 1.78 bits per heavy atom. The van der Waals surface area contributed by atoms with Crippen molar-refractivity contribution in [3.63, 3.8) is 0 Å². The summed E-state index contributed by atoms with van der Waals surface area (Å²) in [5, 5.41) is 14.2. The number of oxime groups is 1. The number of nitrogens with one attached hydrogen (secondary N) is 1. The van der Waals surface area contributed by atoms with Gasteiger partial charge in [-0.25, -0.2) is 0 Å². The van der Waals surface area contributed by atoms with Crippen molar-refractivity contribution in [2.45, 2.75) is 6.42 Å². The van der Waals surface area contributed by atoms with E-state index < -0.39 is 0 Å². The molecule has 3 heteroatoms. The summed E-state index contributed by atoms with van der Waals surface area (Å²) in [5.74, 6) is 0. The van der Waals surface area contributed by atoms with Crippen molar-refractivity contribution in [3.8, 4) is 0 Å². The summed E-state index contributed by atoms with van der Waals surface area (Å²) in [6, 6.07) is 0. The molecule has 0 spiro atoms. The van der Waals surface area contributed by atoms with Crippen molar-refractivity contribution < 1.29 is 5.21 Å². The first-order chi connectivity index (χ1) is 4.43. The molecule has 0 aromatic heterocycles. The number of hydrogen-bond donors (Lipinski definition) is 2. The fourth-order valence-electron chi connectivity index (χ4n) is 0.837. The van der Waals surface area contributed by atoms with E-state index in [1.807, 2.05) is 0 Å². The van der Waals surface area contributed by atoms with Gasteiger partial charge in [0.15, 0.2) is 0 Å². The Hall–Kier alpha value is -0.830. The molecule has 0 fully saturated rings. The summed E-state index contributed by atoms with van der Waals surface area (Å²) < 4.78 is 0. The van der Waals surface area contributed by atoms with E-state index in [2.05, 4.69) is 16.5 Å². The Morgan fingerprint density at radius 2 is 2.67 bits per heavy atom. The van der Waals surface area contributed by atoms with Crippen LogP contribution in [0.4, 0.5) is 0 Å². The standard InChI is InChI=1S/C6H10N2O/c9-8-5-6-2-1-3-7-4-6/h2,5,7,9H,1,3-4H2/b8-5+. The maximum atomic E-state index is 8.12. The lowest BCUT2D eigenvalue weighted by atomic mass is 10.2. The Kier molecular flexibility index (Phi) is 2.27. The van der Waals surface area contributed by atoms with Crippen LogP contribution in [0.5, 0.6) is 0 Å². The molecule has 0 bridgehead atoms. The zero-order chi connectivity index (χ0) is 6.53. The normalized spacial score (nSPS) is 20.2. The van der Waals surface area contributed by atoms with Gasteiger partial charge in [-0.3, -0.25) is 0 Å². The van der Waals surface area contributed by atoms with E-state index in [0.29, 0.717) is 0 Å². The highest BCUT2D eigenvalue weighted by molar-refractivity contribution is 5.78. The summed E-state index contributed by atoms with van der Waals surface area (Å²) in [4.78, 5) is 0. The molecule has 0 aromatic rings. The minimum Gasteiger partial charge on any atom is -0.411 e. The SMILES string of the molecule is O/N=C/C1=CCCNC1. The highest BCUT2D eigenvalue weighted by atomic mass is 16.4. The Morgan fingerprint density at radius 3 is 3.22 bits per heavy atom. The van der Waals surface area contributed by atoms with Gasteiger partial charge in [0.05, 0.1) is 6.21 Å². The van der Waals surface area contributed by atoms with Gasteiger partial charge in [-0.15, -0.1) is 0 Å². The van der Waals surface area contributed by atoms with Gasteiger partial charge in [0.2, 0.25) is 0 Å². The molecule has 0 unspecified atom stereocenters. The topological polar surface area (TPSA) is 44.6 Å². The molecule has 0 atom stereocenters. The molecule has 50 valence electrons. The summed E-state index contributed by atoms with van der Waals surface area (Å²) >= 11 is 0. The van der Waals surface area contributed by atoms with Crippen LogP contribution in [0, 0.1) is 0 Å². The van der Waals surface area contributed by atoms with Crippen molar-refractivity contribution in [2.75, 3.05) is 13.1 Å². The smallest absolute Gasteiger partial charge is 0.0703 e. The van der Waals surface area contributed by atoms with Crippen LogP contribution in [0.3, 0.4) is 0 Å². The average molecular weight is 126 g/mol. The van der Waals surface area contributed by atoms with E-state index >= 15 is 0 Å². The highest BCUT2D eigenvalue weighted by Gasteiger charge is 1.97. The zero-order valence-electron chi connectivity index (χ0n) is 5.17. The first-order valence-corrected chi connectivity index (χ1v) is 3.00. The molecule has 1 heterocycles. The molecule has 0 amide bonds. The lowest BCUT2D eigenvalue weighted by Crippen LogP contribution is -2.22. The molecule has 0 saturated heterocycles. The minimum absolute atomic E-state index is 0.823. The van der Waals surface area contributed by atoms with Crippen LogP contribution >= 0.6 is 0 Å². The number of hydrogen-bond acceptors (Lipinski definition) is 3. The second kappa shape index (κ2) is 3.25. The molecule has 9 heavy (non-hydrogen) atoms. The third-order valence-corrected chi connectivity index (χ3v) is 1.28. The molecule has 1 aliphatic rings. The molecule has 1 rings (SSSR count). The van der Waals surface area contributed by atoms with Gasteiger partial charge in [0.1, 0.15) is 0 Å². The summed E-state index contributed by atoms with van der Waals surface area (Å²) in [5.41, 5.74) is 1.06. The molecular weight excluding hydrogens is 116 g/mol. The second-order valence-electron chi connectivity index (χ2n) is 1.99. The van der Waals surface area contributed by atoms with E-state index in [9.17, 15) is 0 Å². The fourth-order valence-corrected chi connectivity index (χ4v) is 0.837. The molecule has 3 nitrogen and oxygen atoms in total. The Bertz CT molecular complexity index is 140. The van der Waals surface area contributed by atoms with E-state index in [1.54, 1.807) is 0 Å². The van der Waals surface area contributed by atoms with Crippen LogP contribution < -0.4 is 5.32 Å². The largest absolute Gasteiger partial charge is 0.411 e. The third-order valence-electron chi connectivity index (χ3n) is 1.28. The van der Waals surface area contributed by atoms with Gasteiger partial charge >= 0.3 is 0 Å². The van der Waals surface area contributed by atoms with Crippen LogP contribution in [0.15, 0.2) is 16.8 Å². The molecule has 0 radical (unpaired) electrons. The lowest BCUT2D eigenvalue weighted by molar-refractivity contribution is 0.321. The van der Waals surface area contributed by atoms with Gasteiger partial charge in [0, 0.05) is 6.54 Å². The number of nitrogens with zero attached hydrogens (tertiary/aromatic N) is 1. The van der Waals surface area contributed by atoms with Crippen molar-refractivity contribution >= 4 is 6.21 Å². The van der Waals surface area contributed by atoms with Crippen LogP contribution in [0.25, 0.3) is 0 Å². The van der Waals surface area contributed by atoms with E-state index in [-0.39, 0.29) is 0 Å². The molecule has 1 aliphatic heterocycles. The van der Waals surface area contributed by atoms with Crippen molar-refractivity contribution in [1.29, 1.82) is 0 Å². The monoisotopic (exact) mass is 126 g/mol. The van der Waals surface area contributed by atoms with Crippen LogP contribution in [0.2, 0.25) is 0 Å². The molecule has 0 saturated carbocycles. The minimum atomic E-state index is 0.823. The molecule has 2 N–H and O–H groups in total. The summed E-state index contributed by atoms with van der Waals surface area (Å²) in [6.45, 7) is 1.85. The fraction of sp³-hybridized carbons (Fsp3) is 0.500. The zero-order valence-corrected chi connectivity index (χ0v) is 5.17. The average Bonchev–Trinajstić information content (AvgIpc) is 1.91. The predicted molar refractivity (Wildman–Crippen MR) is 35.8 cm³/mol. The molecular formula is C6H10N2O. The van der Waals surface area contributed by atoms with Crippen LogP contribution in [0.1, 0.15) is 6.42 Å². The first-order valence-electron chi connectivity index (χ1n) is 3.00. The summed E-state index contributed by atoms with van der Waals surface area (Å²) in [6.07, 6.45) is 4.56. The van der Waals surface area contributed by atoms with E-state index in [1.165, 1.54) is 6.21 Å². The van der Waals surface area contributed by atoms with Crippen molar-refractivity contribution in [2.24, 2.45) is 5.16 Å². The third kappa shape index (κ3) is 1.85. The van der Waals surface area contributed by atoms with Crippen LogP contribution in [-0.2, 0) is 0 Å². The van der Waals surface area contributed by atoms with Gasteiger partial charge in [-0.05, 0) is 18.5 Å². The highest BCUT2D eigenvalue weighted by Crippen LogP contribution is 1.96. The molecule has 0 aliphatic carbocycles. The Labute approximate surface area is 54.1 Å². The molecule has 0 aromatic carbocycles. The van der Waals surface area contributed by atoms with Crippen molar-refractivity contribution in [1.82, 2.24) is 5.32 Å². The van der Waals surface area contributed by atoms with Gasteiger partial charge in [-0.1, -0.05) is 11.2 Å². The predicted octanol–water partition coefficient (Wildman–Crippen LogP) is 0.366. The maximum absolute atomic E-state index is 8.12.